The number of hydrogen-bond acceptors (Lipinski definition) is 7. The van der Waals surface area contributed by atoms with Gasteiger partial charge >= 0.3 is 0 Å². The Balaban J connectivity index is 2.18. The van der Waals surface area contributed by atoms with Gasteiger partial charge in [0.25, 0.3) is 5.85 Å². The molecule has 1 aliphatic heterocycles. The summed E-state index contributed by atoms with van der Waals surface area (Å²) in [7, 11) is 0. The van der Waals surface area contributed by atoms with E-state index in [1.165, 1.54) is 36.4 Å². The summed E-state index contributed by atoms with van der Waals surface area (Å²) in [6.07, 6.45) is -4.98. The van der Waals surface area contributed by atoms with Crippen molar-refractivity contribution in [1.82, 2.24) is 0 Å². The Bertz CT molecular complexity index is 908. The molecule has 176 valence electrons. The van der Waals surface area contributed by atoms with Crippen molar-refractivity contribution < 1.29 is 44.2 Å². The molecular formula is C23H28F2O7. The summed E-state index contributed by atoms with van der Waals surface area (Å²) in [6.45, 7) is -0.681. The van der Waals surface area contributed by atoms with Crippen LogP contribution in [0.3, 0.4) is 0 Å². The van der Waals surface area contributed by atoms with E-state index < -0.39 is 54.8 Å². The predicted molar refractivity (Wildman–Crippen MR) is 110 cm³/mol. The fourth-order valence-electron chi connectivity index (χ4n) is 4.20. The van der Waals surface area contributed by atoms with Crippen LogP contribution in [0, 0.1) is 0 Å². The van der Waals surface area contributed by atoms with Gasteiger partial charge < -0.3 is 35.4 Å². The zero-order chi connectivity index (χ0) is 23.8. The molecule has 0 aliphatic carbocycles. The van der Waals surface area contributed by atoms with Crippen LogP contribution >= 0.6 is 0 Å². The van der Waals surface area contributed by atoms with Gasteiger partial charge in [-0.2, -0.15) is 0 Å². The molecule has 1 heterocycles. The zero-order valence-electron chi connectivity index (χ0n) is 17.5. The fraction of sp³-hybridized carbons (Fsp3) is 0.478. The molecule has 6 N–H and O–H groups in total. The Morgan fingerprint density at radius 3 is 2.06 bits per heavy atom. The lowest BCUT2D eigenvalue weighted by Crippen LogP contribution is -2.82. The van der Waals surface area contributed by atoms with Crippen molar-refractivity contribution >= 4 is 0 Å². The number of halogens is 2. The second-order valence-corrected chi connectivity index (χ2v) is 8.27. The first-order chi connectivity index (χ1) is 15.0. The molecule has 3 rings (SSSR count). The van der Waals surface area contributed by atoms with Gasteiger partial charge in [0.1, 0.15) is 6.10 Å². The summed E-state index contributed by atoms with van der Waals surface area (Å²) in [5.74, 6) is -6.96. The number of rotatable bonds is 7. The maximum Gasteiger partial charge on any atom is 0.271 e. The Morgan fingerprint density at radius 2 is 1.56 bits per heavy atom. The lowest BCUT2D eigenvalue weighted by molar-refractivity contribution is -0.481. The highest BCUT2D eigenvalue weighted by atomic mass is 19.2. The van der Waals surface area contributed by atoms with Gasteiger partial charge in [0, 0.05) is 18.4 Å². The number of aliphatic hydroxyl groups excluding tert-OH is 3. The molecule has 0 aromatic heterocycles. The van der Waals surface area contributed by atoms with Crippen LogP contribution in [0.25, 0.3) is 0 Å². The normalized spacial score (nSPS) is 36.1. The smallest absolute Gasteiger partial charge is 0.271 e. The van der Waals surface area contributed by atoms with Gasteiger partial charge in [-0.1, -0.05) is 54.6 Å². The summed E-state index contributed by atoms with van der Waals surface area (Å²) >= 11 is 0. The van der Waals surface area contributed by atoms with Gasteiger partial charge in [0.15, 0.2) is 11.2 Å². The second-order valence-electron chi connectivity index (χ2n) is 8.27. The predicted octanol–water partition coefficient (Wildman–Crippen LogP) is 0.479. The van der Waals surface area contributed by atoms with Gasteiger partial charge in [0.05, 0.1) is 19.4 Å². The van der Waals surface area contributed by atoms with Crippen molar-refractivity contribution in [3.8, 4) is 0 Å². The molecule has 1 aliphatic rings. The van der Waals surface area contributed by atoms with E-state index in [0.29, 0.717) is 5.56 Å². The van der Waals surface area contributed by atoms with Crippen LogP contribution in [0.2, 0.25) is 0 Å². The molecule has 1 saturated heterocycles. The standard InChI is InChI=1S/C23H28F2O7/c1-15(27)20(14-26)19(28)22(25,30)21(29,13-17-9-7-16(8-10-17)11-12-24)23(31,32-20)18-5-3-2-4-6-18/h2-10,15,19,26-31H,11-14H2,1H3/t15-,19+,20+,21+,22-,23+/m0/s1. The number of alkyl halides is 2. The Labute approximate surface area is 184 Å². The highest BCUT2D eigenvalue weighted by Crippen LogP contribution is 2.54. The minimum Gasteiger partial charge on any atom is -0.393 e. The summed E-state index contributed by atoms with van der Waals surface area (Å²) in [6, 6.07) is 13.1. The van der Waals surface area contributed by atoms with Crippen LogP contribution in [0.1, 0.15) is 23.6 Å². The van der Waals surface area contributed by atoms with E-state index in [1.807, 2.05) is 0 Å². The first-order valence-electron chi connectivity index (χ1n) is 10.2. The van der Waals surface area contributed by atoms with Gasteiger partial charge in [-0.3, -0.25) is 4.39 Å². The summed E-state index contributed by atoms with van der Waals surface area (Å²) < 4.78 is 34.1. The van der Waals surface area contributed by atoms with Crippen LogP contribution < -0.4 is 0 Å². The highest BCUT2D eigenvalue weighted by Gasteiger charge is 2.77. The highest BCUT2D eigenvalue weighted by molar-refractivity contribution is 5.33. The lowest BCUT2D eigenvalue weighted by Gasteiger charge is -2.60. The molecule has 0 saturated carbocycles. The minimum absolute atomic E-state index is 0.154. The lowest BCUT2D eigenvalue weighted by atomic mass is 9.67. The second kappa shape index (κ2) is 8.75. The molecule has 0 amide bonds. The molecule has 0 radical (unpaired) electrons. The minimum atomic E-state index is -3.95. The number of aliphatic hydroxyl groups is 6. The van der Waals surface area contributed by atoms with Crippen LogP contribution in [-0.2, 0) is 23.4 Å². The molecular weight excluding hydrogens is 426 g/mol. The molecule has 6 atom stereocenters. The third kappa shape index (κ3) is 3.63. The van der Waals surface area contributed by atoms with Crippen LogP contribution in [-0.4, -0.2) is 73.2 Å². The van der Waals surface area contributed by atoms with Crippen molar-refractivity contribution in [2.24, 2.45) is 0 Å². The van der Waals surface area contributed by atoms with Gasteiger partial charge in [-0.05, 0) is 18.1 Å². The van der Waals surface area contributed by atoms with Gasteiger partial charge in [-0.15, -0.1) is 0 Å². The van der Waals surface area contributed by atoms with Gasteiger partial charge in [0.2, 0.25) is 5.79 Å². The van der Waals surface area contributed by atoms with E-state index >= 15 is 4.39 Å². The summed E-state index contributed by atoms with van der Waals surface area (Å²) in [4.78, 5) is 0. The average Bonchev–Trinajstić information content (AvgIpc) is 2.77. The molecule has 32 heavy (non-hydrogen) atoms. The van der Waals surface area contributed by atoms with E-state index in [4.69, 9.17) is 4.74 Å². The molecule has 0 bridgehead atoms. The van der Waals surface area contributed by atoms with Crippen LogP contribution in [0.15, 0.2) is 54.6 Å². The van der Waals surface area contributed by atoms with Crippen molar-refractivity contribution in [3.63, 3.8) is 0 Å². The molecule has 7 nitrogen and oxygen atoms in total. The summed E-state index contributed by atoms with van der Waals surface area (Å²) in [5.41, 5.74) is -5.05. The van der Waals surface area contributed by atoms with Crippen molar-refractivity contribution in [2.75, 3.05) is 13.3 Å². The van der Waals surface area contributed by atoms with E-state index in [-0.39, 0.29) is 17.5 Å². The molecule has 1 fully saturated rings. The van der Waals surface area contributed by atoms with Gasteiger partial charge in [-0.25, -0.2) is 4.39 Å². The average molecular weight is 454 g/mol. The monoisotopic (exact) mass is 454 g/mol. The molecule has 0 unspecified atom stereocenters. The van der Waals surface area contributed by atoms with Crippen LogP contribution in [0.4, 0.5) is 8.78 Å². The number of hydrogen-bond donors (Lipinski definition) is 6. The molecule has 9 heteroatoms. The van der Waals surface area contributed by atoms with E-state index in [0.717, 1.165) is 6.92 Å². The zero-order valence-corrected chi connectivity index (χ0v) is 17.5. The third-order valence-electron chi connectivity index (χ3n) is 6.29. The Kier molecular flexibility index (Phi) is 6.74. The Hall–Kier alpha value is -1.98. The number of benzene rings is 2. The number of ether oxygens (including phenoxy) is 1. The van der Waals surface area contributed by atoms with Crippen molar-refractivity contribution in [2.45, 2.75) is 54.8 Å². The first-order valence-corrected chi connectivity index (χ1v) is 10.2. The molecule has 0 spiro atoms. The SMILES string of the molecule is C[C@H](O)[C@@]1(CO)O[C@](O)(c2ccccc2)[C@@](O)(Cc2ccc(CCF)cc2)[C@](O)(F)[C@@H]1O. The van der Waals surface area contributed by atoms with Crippen molar-refractivity contribution in [3.05, 3.63) is 71.3 Å². The fourth-order valence-corrected chi connectivity index (χ4v) is 4.20. The maximum absolute atomic E-state index is 16.0. The number of aryl methyl sites for hydroxylation is 1. The maximum atomic E-state index is 16.0. The quantitative estimate of drug-likeness (QED) is 0.359. The summed E-state index contributed by atoms with van der Waals surface area (Å²) in [5, 5.41) is 64.6. The Morgan fingerprint density at radius 1 is 1.00 bits per heavy atom. The third-order valence-corrected chi connectivity index (χ3v) is 6.29. The molecule has 2 aromatic rings. The molecule has 2 aromatic carbocycles. The first kappa shape index (κ1) is 24.7. The van der Waals surface area contributed by atoms with E-state index in [1.54, 1.807) is 18.2 Å². The topological polar surface area (TPSA) is 131 Å². The van der Waals surface area contributed by atoms with E-state index in [9.17, 15) is 35.0 Å². The van der Waals surface area contributed by atoms with Crippen LogP contribution in [0.5, 0.6) is 0 Å². The van der Waals surface area contributed by atoms with Crippen molar-refractivity contribution in [1.29, 1.82) is 0 Å². The van der Waals surface area contributed by atoms with E-state index in [2.05, 4.69) is 0 Å². The largest absolute Gasteiger partial charge is 0.393 e.